The zero-order valence-corrected chi connectivity index (χ0v) is 20.7. The second kappa shape index (κ2) is 10.4. The summed E-state index contributed by atoms with van der Waals surface area (Å²) in [6.07, 6.45) is 1.27. The third-order valence-corrected chi connectivity index (χ3v) is 5.73. The van der Waals surface area contributed by atoms with Crippen LogP contribution in [0, 0.1) is 0 Å². The number of imide groups is 2. The molecule has 4 amide bonds. The summed E-state index contributed by atoms with van der Waals surface area (Å²) in [5, 5.41) is 2.17. The minimum absolute atomic E-state index is 0.111. The van der Waals surface area contributed by atoms with Crippen LogP contribution in [0.15, 0.2) is 76.8 Å². The summed E-state index contributed by atoms with van der Waals surface area (Å²) in [6.45, 7) is 0. The first-order valence-corrected chi connectivity index (χ1v) is 11.3. The number of hydrogen-bond donors (Lipinski definition) is 1. The molecule has 0 aromatic heterocycles. The lowest BCUT2D eigenvalue weighted by molar-refractivity contribution is -0.122. The van der Waals surface area contributed by atoms with Gasteiger partial charge in [-0.05, 0) is 72.8 Å². The van der Waals surface area contributed by atoms with Crippen LogP contribution in [0.5, 0.6) is 17.2 Å². The topological polar surface area (TPSA) is 111 Å². The smallest absolute Gasteiger partial charge is 0.343 e. The third-order valence-electron chi connectivity index (χ3n) is 5.23. The summed E-state index contributed by atoms with van der Waals surface area (Å²) >= 11 is 3.34. The van der Waals surface area contributed by atoms with Crippen LogP contribution in [0.25, 0.3) is 6.08 Å². The van der Waals surface area contributed by atoms with Crippen molar-refractivity contribution in [3.05, 3.63) is 87.9 Å². The van der Waals surface area contributed by atoms with Crippen molar-refractivity contribution in [3.63, 3.8) is 0 Å². The number of urea groups is 1. The molecule has 0 aliphatic carbocycles. The molecule has 1 aliphatic rings. The van der Waals surface area contributed by atoms with Crippen LogP contribution in [0.2, 0.25) is 0 Å². The van der Waals surface area contributed by atoms with Crippen molar-refractivity contribution < 1.29 is 33.4 Å². The number of halogens is 1. The molecule has 3 aromatic carbocycles. The van der Waals surface area contributed by atoms with Gasteiger partial charge in [0.2, 0.25) is 0 Å². The normalized spacial score (nSPS) is 14.5. The van der Waals surface area contributed by atoms with Crippen molar-refractivity contribution in [1.82, 2.24) is 5.32 Å². The van der Waals surface area contributed by atoms with Gasteiger partial charge in [0, 0.05) is 10.0 Å². The maximum atomic E-state index is 13.2. The van der Waals surface area contributed by atoms with Crippen LogP contribution in [0.4, 0.5) is 10.5 Å². The molecular formula is C26H19BrN2O7. The van der Waals surface area contributed by atoms with Gasteiger partial charge in [-0.25, -0.2) is 14.5 Å². The van der Waals surface area contributed by atoms with E-state index in [-0.39, 0.29) is 28.1 Å². The number of methoxy groups -OCH3 is 2. The number of carbonyl (C=O) groups is 4. The lowest BCUT2D eigenvalue weighted by Gasteiger charge is -2.26. The number of ether oxygens (including phenoxy) is 3. The second-order valence-corrected chi connectivity index (χ2v) is 8.37. The number of amides is 4. The largest absolute Gasteiger partial charge is 0.497 e. The number of hydrogen-bond acceptors (Lipinski definition) is 7. The Labute approximate surface area is 214 Å². The zero-order chi connectivity index (χ0) is 25.8. The summed E-state index contributed by atoms with van der Waals surface area (Å²) in [5.74, 6) is -1.12. The Hall–Kier alpha value is -4.44. The van der Waals surface area contributed by atoms with E-state index in [0.717, 1.165) is 4.90 Å². The number of nitrogens with one attached hydrogen (secondary N) is 1. The number of carbonyl (C=O) groups excluding carboxylic acids is 4. The number of anilines is 1. The van der Waals surface area contributed by atoms with Crippen LogP contribution < -0.4 is 24.4 Å². The number of barbiturate groups is 1. The van der Waals surface area contributed by atoms with Crippen molar-refractivity contribution in [1.29, 1.82) is 0 Å². The summed E-state index contributed by atoms with van der Waals surface area (Å²) in [5.41, 5.74) is 0.483. The zero-order valence-electron chi connectivity index (χ0n) is 19.1. The van der Waals surface area contributed by atoms with Gasteiger partial charge in [-0.3, -0.25) is 14.9 Å². The molecule has 9 nitrogen and oxygen atoms in total. The van der Waals surface area contributed by atoms with Gasteiger partial charge in [0.25, 0.3) is 11.8 Å². The number of rotatable bonds is 6. The molecule has 10 heteroatoms. The lowest BCUT2D eigenvalue weighted by Crippen LogP contribution is -2.54. The number of benzene rings is 3. The first kappa shape index (κ1) is 24.7. The fourth-order valence-electron chi connectivity index (χ4n) is 3.39. The molecule has 3 aromatic rings. The predicted octanol–water partition coefficient (Wildman–Crippen LogP) is 4.35. The summed E-state index contributed by atoms with van der Waals surface area (Å²) in [4.78, 5) is 51.8. The summed E-state index contributed by atoms with van der Waals surface area (Å²) in [6, 6.07) is 16.4. The standard InChI is InChI=1S/C26H19BrN2O7/c1-34-19-8-3-15(4-9-19)25(32)36-22-12-5-17(27)13-16(22)14-21-23(30)28-26(33)29(24(21)31)18-6-10-20(35-2)11-7-18/h3-14H,1-2H3,(H,28,30,33)/b21-14-. The van der Waals surface area contributed by atoms with Gasteiger partial charge in [-0.1, -0.05) is 15.9 Å². The van der Waals surface area contributed by atoms with Crippen LogP contribution in [-0.2, 0) is 9.59 Å². The van der Waals surface area contributed by atoms with Crippen molar-refractivity contribution >= 4 is 51.5 Å². The van der Waals surface area contributed by atoms with Crippen molar-refractivity contribution in [2.24, 2.45) is 0 Å². The first-order chi connectivity index (χ1) is 17.3. The first-order valence-electron chi connectivity index (χ1n) is 10.5. The molecular weight excluding hydrogens is 532 g/mol. The van der Waals surface area contributed by atoms with Crippen molar-refractivity contribution in [2.75, 3.05) is 19.1 Å². The average molecular weight is 551 g/mol. The maximum Gasteiger partial charge on any atom is 0.343 e. The number of esters is 1. The molecule has 1 fully saturated rings. The predicted molar refractivity (Wildman–Crippen MR) is 134 cm³/mol. The molecule has 0 atom stereocenters. The fourth-order valence-corrected chi connectivity index (χ4v) is 3.77. The van der Waals surface area contributed by atoms with E-state index in [9.17, 15) is 19.2 Å². The van der Waals surface area contributed by atoms with Crippen LogP contribution in [-0.4, -0.2) is 38.0 Å². The molecule has 0 radical (unpaired) electrons. The van der Waals surface area contributed by atoms with Gasteiger partial charge in [0.05, 0.1) is 25.5 Å². The van der Waals surface area contributed by atoms with Crippen LogP contribution >= 0.6 is 15.9 Å². The monoisotopic (exact) mass is 550 g/mol. The van der Waals surface area contributed by atoms with E-state index in [1.54, 1.807) is 48.5 Å². The minimum atomic E-state index is -0.882. The lowest BCUT2D eigenvalue weighted by atomic mass is 10.1. The van der Waals surface area contributed by atoms with E-state index < -0.39 is 23.8 Å². The van der Waals surface area contributed by atoms with Gasteiger partial charge in [0.15, 0.2) is 0 Å². The van der Waals surface area contributed by atoms with Gasteiger partial charge in [-0.2, -0.15) is 0 Å². The minimum Gasteiger partial charge on any atom is -0.497 e. The highest BCUT2D eigenvalue weighted by atomic mass is 79.9. The van der Waals surface area contributed by atoms with Crippen molar-refractivity contribution in [3.8, 4) is 17.2 Å². The molecule has 1 N–H and O–H groups in total. The van der Waals surface area contributed by atoms with E-state index in [0.29, 0.717) is 16.0 Å². The Morgan fingerprint density at radius 1 is 0.889 bits per heavy atom. The second-order valence-electron chi connectivity index (χ2n) is 7.46. The molecule has 1 aliphatic heterocycles. The summed E-state index contributed by atoms with van der Waals surface area (Å²) in [7, 11) is 3.01. The molecule has 0 bridgehead atoms. The Morgan fingerprint density at radius 2 is 1.50 bits per heavy atom. The van der Waals surface area contributed by atoms with E-state index in [1.165, 1.54) is 38.5 Å². The SMILES string of the molecule is COc1ccc(C(=O)Oc2ccc(Br)cc2/C=C2/C(=O)NC(=O)N(c3ccc(OC)cc3)C2=O)cc1. The van der Waals surface area contributed by atoms with E-state index in [2.05, 4.69) is 21.2 Å². The molecule has 1 heterocycles. The quantitative estimate of drug-likeness (QED) is 0.210. The van der Waals surface area contributed by atoms with Crippen LogP contribution in [0.3, 0.4) is 0 Å². The van der Waals surface area contributed by atoms with Gasteiger partial charge >= 0.3 is 12.0 Å². The average Bonchev–Trinajstić information content (AvgIpc) is 2.88. The van der Waals surface area contributed by atoms with E-state index >= 15 is 0 Å². The molecule has 1 saturated heterocycles. The molecule has 182 valence electrons. The van der Waals surface area contributed by atoms with E-state index in [1.807, 2.05) is 0 Å². The molecule has 36 heavy (non-hydrogen) atoms. The third kappa shape index (κ3) is 5.13. The highest BCUT2D eigenvalue weighted by Gasteiger charge is 2.37. The Morgan fingerprint density at radius 3 is 2.11 bits per heavy atom. The Kier molecular flexibility index (Phi) is 7.16. The van der Waals surface area contributed by atoms with Gasteiger partial charge in [-0.15, -0.1) is 0 Å². The van der Waals surface area contributed by atoms with E-state index in [4.69, 9.17) is 14.2 Å². The highest BCUT2D eigenvalue weighted by Crippen LogP contribution is 2.29. The summed E-state index contributed by atoms with van der Waals surface area (Å²) < 4.78 is 16.4. The molecule has 0 unspecified atom stereocenters. The molecule has 0 spiro atoms. The fraction of sp³-hybridized carbons (Fsp3) is 0.0769. The number of nitrogens with zero attached hydrogens (tertiary/aromatic N) is 1. The molecule has 4 rings (SSSR count). The Bertz CT molecular complexity index is 1380. The maximum absolute atomic E-state index is 13.2. The highest BCUT2D eigenvalue weighted by molar-refractivity contribution is 9.10. The van der Waals surface area contributed by atoms with Crippen molar-refractivity contribution in [2.45, 2.75) is 0 Å². The Balaban J connectivity index is 1.67. The van der Waals surface area contributed by atoms with Gasteiger partial charge in [0.1, 0.15) is 22.8 Å². The van der Waals surface area contributed by atoms with Gasteiger partial charge < -0.3 is 14.2 Å². The molecule has 0 saturated carbocycles. The van der Waals surface area contributed by atoms with Crippen LogP contribution in [0.1, 0.15) is 15.9 Å².